The van der Waals surface area contributed by atoms with Crippen LogP contribution in [-0.2, 0) is 4.74 Å². The summed E-state index contributed by atoms with van der Waals surface area (Å²) in [7, 11) is 0. The summed E-state index contributed by atoms with van der Waals surface area (Å²) in [6, 6.07) is 0. The van der Waals surface area contributed by atoms with Gasteiger partial charge in [0.15, 0.2) is 0 Å². The van der Waals surface area contributed by atoms with Crippen LogP contribution in [0.2, 0.25) is 0 Å². The first-order valence-corrected chi connectivity index (χ1v) is 6.28. The number of aliphatic hydroxyl groups excluding tert-OH is 1. The molecule has 0 aromatic rings. The molecule has 1 aliphatic heterocycles. The zero-order valence-electron chi connectivity index (χ0n) is 10.0. The maximum atomic E-state index is 9.56. The van der Waals surface area contributed by atoms with E-state index in [0.29, 0.717) is 12.5 Å². The summed E-state index contributed by atoms with van der Waals surface area (Å²) in [6.07, 6.45) is 4.67. The van der Waals surface area contributed by atoms with Gasteiger partial charge in [-0.1, -0.05) is 33.1 Å². The van der Waals surface area contributed by atoms with E-state index in [4.69, 9.17) is 4.74 Å². The van der Waals surface area contributed by atoms with Gasteiger partial charge in [0.2, 0.25) is 0 Å². The highest BCUT2D eigenvalue weighted by Crippen LogP contribution is 2.15. The van der Waals surface area contributed by atoms with Gasteiger partial charge in [-0.25, -0.2) is 0 Å². The Morgan fingerprint density at radius 1 is 1.40 bits per heavy atom. The highest BCUT2D eigenvalue weighted by Gasteiger charge is 2.25. The van der Waals surface area contributed by atoms with Crippen molar-refractivity contribution < 1.29 is 9.84 Å². The van der Waals surface area contributed by atoms with Crippen molar-refractivity contribution in [2.45, 2.75) is 51.7 Å². The summed E-state index contributed by atoms with van der Waals surface area (Å²) in [5.74, 6) is 0.665. The second kappa shape index (κ2) is 7.20. The number of aliphatic hydroxyl groups is 1. The number of β-amino-alcohol motifs (C(OH)–C–C–N with tert-alkyl or cyclic N) is 1. The lowest BCUT2D eigenvalue weighted by Gasteiger charge is -2.19. The maximum absolute atomic E-state index is 9.56. The highest BCUT2D eigenvalue weighted by atomic mass is 16.5. The number of hydrogen-bond acceptors (Lipinski definition) is 3. The van der Waals surface area contributed by atoms with Gasteiger partial charge in [0.25, 0.3) is 0 Å². The van der Waals surface area contributed by atoms with Gasteiger partial charge < -0.3 is 15.2 Å². The fraction of sp³-hybridized carbons (Fsp3) is 1.00. The minimum atomic E-state index is -0.311. The molecule has 0 saturated carbocycles. The fourth-order valence-electron chi connectivity index (χ4n) is 1.97. The van der Waals surface area contributed by atoms with Crippen LogP contribution >= 0.6 is 0 Å². The fourth-order valence-corrected chi connectivity index (χ4v) is 1.97. The average Bonchev–Trinajstić information content (AvgIpc) is 2.65. The van der Waals surface area contributed by atoms with Crippen molar-refractivity contribution in [3.8, 4) is 0 Å². The number of ether oxygens (including phenoxy) is 1. The monoisotopic (exact) mass is 215 g/mol. The second-order valence-electron chi connectivity index (χ2n) is 4.51. The van der Waals surface area contributed by atoms with Crippen molar-refractivity contribution in [3.63, 3.8) is 0 Å². The van der Waals surface area contributed by atoms with E-state index in [0.717, 1.165) is 13.2 Å². The van der Waals surface area contributed by atoms with Gasteiger partial charge in [-0.3, -0.25) is 0 Å². The zero-order chi connectivity index (χ0) is 11.1. The van der Waals surface area contributed by atoms with E-state index >= 15 is 0 Å². The minimum Gasteiger partial charge on any atom is -0.389 e. The Morgan fingerprint density at radius 3 is 2.73 bits per heavy atom. The molecule has 90 valence electrons. The van der Waals surface area contributed by atoms with Crippen molar-refractivity contribution in [1.82, 2.24) is 5.32 Å². The van der Waals surface area contributed by atoms with Gasteiger partial charge in [0.05, 0.1) is 12.2 Å². The van der Waals surface area contributed by atoms with E-state index in [-0.39, 0.29) is 12.2 Å². The van der Waals surface area contributed by atoms with Crippen LogP contribution in [-0.4, -0.2) is 37.0 Å². The summed E-state index contributed by atoms with van der Waals surface area (Å²) < 4.78 is 5.75. The number of hydrogen-bond donors (Lipinski definition) is 2. The first-order chi connectivity index (χ1) is 7.27. The van der Waals surface area contributed by atoms with Gasteiger partial charge in [0, 0.05) is 19.7 Å². The highest BCUT2D eigenvalue weighted by molar-refractivity contribution is 4.81. The molecule has 1 fully saturated rings. The topological polar surface area (TPSA) is 41.5 Å². The van der Waals surface area contributed by atoms with E-state index in [9.17, 15) is 5.11 Å². The largest absolute Gasteiger partial charge is 0.389 e. The molecule has 0 bridgehead atoms. The van der Waals surface area contributed by atoms with Crippen molar-refractivity contribution in [2.75, 3.05) is 19.7 Å². The van der Waals surface area contributed by atoms with E-state index in [1.54, 1.807) is 0 Å². The third kappa shape index (κ3) is 4.49. The van der Waals surface area contributed by atoms with E-state index in [1.165, 1.54) is 25.7 Å². The molecule has 1 heterocycles. The molecule has 2 N–H and O–H groups in total. The standard InChI is InChI=1S/C12H25NO2/c1-3-5-6-10(4-2)9-15-12-8-13-7-11(12)14/h10-14H,3-9H2,1-2H3. The summed E-state index contributed by atoms with van der Waals surface area (Å²) in [4.78, 5) is 0. The lowest BCUT2D eigenvalue weighted by atomic mass is 10.0. The molecule has 3 heteroatoms. The average molecular weight is 215 g/mol. The van der Waals surface area contributed by atoms with E-state index in [2.05, 4.69) is 19.2 Å². The zero-order valence-corrected chi connectivity index (χ0v) is 10.0. The number of unbranched alkanes of at least 4 members (excludes halogenated alkanes) is 1. The van der Waals surface area contributed by atoms with Gasteiger partial charge in [-0.15, -0.1) is 0 Å². The summed E-state index contributed by atoms with van der Waals surface area (Å²) in [5.41, 5.74) is 0. The van der Waals surface area contributed by atoms with Crippen molar-refractivity contribution >= 4 is 0 Å². The van der Waals surface area contributed by atoms with Crippen LogP contribution in [0.5, 0.6) is 0 Å². The van der Waals surface area contributed by atoms with Gasteiger partial charge >= 0.3 is 0 Å². The van der Waals surface area contributed by atoms with Crippen LogP contribution in [0.3, 0.4) is 0 Å². The van der Waals surface area contributed by atoms with Gasteiger partial charge in [-0.05, 0) is 12.3 Å². The van der Waals surface area contributed by atoms with E-state index < -0.39 is 0 Å². The second-order valence-corrected chi connectivity index (χ2v) is 4.51. The summed E-state index contributed by atoms with van der Waals surface area (Å²) in [6.45, 7) is 6.72. The SMILES string of the molecule is CCCCC(CC)COC1CNCC1O. The van der Waals surface area contributed by atoms with E-state index in [1.807, 2.05) is 0 Å². The Bertz CT molecular complexity index is 164. The molecular formula is C12H25NO2. The predicted octanol–water partition coefficient (Wildman–Crippen LogP) is 1.55. The van der Waals surface area contributed by atoms with Crippen LogP contribution in [0.4, 0.5) is 0 Å². The molecule has 0 aromatic carbocycles. The number of rotatable bonds is 7. The molecule has 0 amide bonds. The molecule has 1 aliphatic rings. The Morgan fingerprint density at radius 2 is 2.20 bits per heavy atom. The third-order valence-corrected chi connectivity index (χ3v) is 3.22. The summed E-state index contributed by atoms with van der Waals surface area (Å²) in [5, 5.41) is 12.7. The van der Waals surface area contributed by atoms with Gasteiger partial charge in [0.1, 0.15) is 0 Å². The molecule has 1 rings (SSSR count). The molecule has 3 unspecified atom stereocenters. The molecule has 3 nitrogen and oxygen atoms in total. The molecule has 0 spiro atoms. The lowest BCUT2D eigenvalue weighted by molar-refractivity contribution is -0.0241. The molecule has 15 heavy (non-hydrogen) atoms. The minimum absolute atomic E-state index is 0.0145. The molecule has 0 aliphatic carbocycles. The first-order valence-electron chi connectivity index (χ1n) is 6.28. The molecular weight excluding hydrogens is 190 g/mol. The Balaban J connectivity index is 2.15. The Hall–Kier alpha value is -0.120. The molecule has 1 saturated heterocycles. The van der Waals surface area contributed by atoms with Crippen LogP contribution in [0.1, 0.15) is 39.5 Å². The molecule has 0 aromatic heterocycles. The Labute approximate surface area is 93.2 Å². The summed E-state index contributed by atoms with van der Waals surface area (Å²) >= 11 is 0. The van der Waals surface area contributed by atoms with Crippen LogP contribution in [0, 0.1) is 5.92 Å². The molecule has 3 atom stereocenters. The molecule has 0 radical (unpaired) electrons. The Kier molecular flexibility index (Phi) is 6.22. The normalized spacial score (nSPS) is 28.2. The quantitative estimate of drug-likeness (QED) is 0.677. The van der Waals surface area contributed by atoms with Crippen molar-refractivity contribution in [1.29, 1.82) is 0 Å². The van der Waals surface area contributed by atoms with Crippen molar-refractivity contribution in [3.05, 3.63) is 0 Å². The maximum Gasteiger partial charge on any atom is 0.0970 e. The van der Waals surface area contributed by atoms with Crippen molar-refractivity contribution in [2.24, 2.45) is 5.92 Å². The van der Waals surface area contributed by atoms with Gasteiger partial charge in [-0.2, -0.15) is 0 Å². The first kappa shape index (κ1) is 12.9. The predicted molar refractivity (Wildman–Crippen MR) is 61.9 cm³/mol. The van der Waals surface area contributed by atoms with Crippen LogP contribution in [0.25, 0.3) is 0 Å². The third-order valence-electron chi connectivity index (χ3n) is 3.22. The smallest absolute Gasteiger partial charge is 0.0970 e. The lowest BCUT2D eigenvalue weighted by Crippen LogP contribution is -2.29. The van der Waals surface area contributed by atoms with Crippen LogP contribution in [0.15, 0.2) is 0 Å². The number of nitrogens with one attached hydrogen (secondary N) is 1. The van der Waals surface area contributed by atoms with Crippen LogP contribution < -0.4 is 5.32 Å².